The highest BCUT2D eigenvalue weighted by atomic mass is 32.2. The molecule has 1 aromatic carbocycles. The van der Waals surface area contributed by atoms with Crippen LogP contribution in [0.5, 0.6) is 0 Å². The van der Waals surface area contributed by atoms with Crippen molar-refractivity contribution in [2.75, 3.05) is 11.9 Å². The van der Waals surface area contributed by atoms with Crippen molar-refractivity contribution in [3.8, 4) is 11.3 Å². The number of benzene rings is 1. The highest BCUT2D eigenvalue weighted by Gasteiger charge is 2.17. The van der Waals surface area contributed by atoms with Gasteiger partial charge in [0, 0.05) is 24.2 Å². The number of rotatable bonds is 9. The van der Waals surface area contributed by atoms with Crippen LogP contribution in [0.25, 0.3) is 11.3 Å². The third-order valence-corrected chi connectivity index (χ3v) is 6.23. The first kappa shape index (κ1) is 21.2. The molecule has 1 heterocycles. The third kappa shape index (κ3) is 6.22. The summed E-state index contributed by atoms with van der Waals surface area (Å²) in [5.74, 6) is 0.780. The van der Waals surface area contributed by atoms with Crippen LogP contribution in [0.4, 0.5) is 5.69 Å². The topological polar surface area (TPSA) is 88.4 Å². The minimum Gasteiger partial charge on any atom is -0.464 e. The first-order valence-electron chi connectivity index (χ1n) is 9.12. The molecule has 2 rings (SSSR count). The molecule has 0 radical (unpaired) electrons. The molecular weight excluding hydrogens is 364 g/mol. The van der Waals surface area contributed by atoms with Gasteiger partial charge in [0.2, 0.25) is 15.9 Å². The Balaban J connectivity index is 1.83. The molecule has 0 saturated heterocycles. The van der Waals surface area contributed by atoms with E-state index in [0.717, 1.165) is 22.6 Å². The van der Waals surface area contributed by atoms with Gasteiger partial charge in [-0.15, -0.1) is 0 Å². The van der Waals surface area contributed by atoms with Gasteiger partial charge in [-0.05, 0) is 69.0 Å². The summed E-state index contributed by atoms with van der Waals surface area (Å²) in [7, 11) is -3.27. The van der Waals surface area contributed by atoms with E-state index in [2.05, 4.69) is 10.0 Å². The van der Waals surface area contributed by atoms with E-state index in [1.165, 1.54) is 0 Å². The zero-order valence-corrected chi connectivity index (χ0v) is 17.1. The van der Waals surface area contributed by atoms with Crippen LogP contribution < -0.4 is 10.0 Å². The molecule has 2 N–H and O–H groups in total. The number of nitrogens with one attached hydrogen (secondary N) is 2. The van der Waals surface area contributed by atoms with Crippen LogP contribution in [0.15, 0.2) is 41.0 Å². The molecule has 148 valence electrons. The SMILES string of the molecule is Cc1cc(-c2ccco2)ccc1NC(=O)CCC(C)CNS(=O)(=O)C(C)C. The van der Waals surface area contributed by atoms with Crippen molar-refractivity contribution in [3.63, 3.8) is 0 Å². The van der Waals surface area contributed by atoms with Gasteiger partial charge < -0.3 is 9.73 Å². The molecule has 6 nitrogen and oxygen atoms in total. The number of aryl methyl sites for hydroxylation is 1. The van der Waals surface area contributed by atoms with Gasteiger partial charge >= 0.3 is 0 Å². The van der Waals surface area contributed by atoms with E-state index < -0.39 is 15.3 Å². The normalized spacial score (nSPS) is 12.9. The Morgan fingerprint density at radius 1 is 1.19 bits per heavy atom. The van der Waals surface area contributed by atoms with E-state index in [4.69, 9.17) is 4.42 Å². The number of carbonyl (C=O) groups is 1. The van der Waals surface area contributed by atoms with E-state index in [9.17, 15) is 13.2 Å². The number of anilines is 1. The summed E-state index contributed by atoms with van der Waals surface area (Å²) in [6, 6.07) is 9.47. The molecule has 0 saturated carbocycles. The molecular formula is C20H28N2O4S. The fraction of sp³-hybridized carbons (Fsp3) is 0.450. The summed E-state index contributed by atoms with van der Waals surface area (Å²) >= 11 is 0. The van der Waals surface area contributed by atoms with Crippen LogP contribution in [-0.2, 0) is 14.8 Å². The standard InChI is InChI=1S/C20H28N2O4S/c1-14(2)27(24,25)21-13-15(3)7-10-20(23)22-18-9-8-17(12-16(18)4)19-6-5-11-26-19/h5-6,8-9,11-12,14-15,21H,7,10,13H2,1-4H3,(H,22,23). The summed E-state index contributed by atoms with van der Waals surface area (Å²) in [4.78, 5) is 12.2. The second-order valence-corrected chi connectivity index (χ2v) is 9.46. The zero-order valence-electron chi connectivity index (χ0n) is 16.3. The molecule has 1 amide bonds. The first-order chi connectivity index (χ1) is 12.7. The van der Waals surface area contributed by atoms with Crippen molar-refractivity contribution in [3.05, 3.63) is 42.2 Å². The van der Waals surface area contributed by atoms with Crippen LogP contribution in [0.3, 0.4) is 0 Å². The molecule has 0 spiro atoms. The summed E-state index contributed by atoms with van der Waals surface area (Å²) in [6.45, 7) is 7.48. The average molecular weight is 393 g/mol. The average Bonchev–Trinajstić information content (AvgIpc) is 3.14. The lowest BCUT2D eigenvalue weighted by atomic mass is 10.1. The van der Waals surface area contributed by atoms with E-state index >= 15 is 0 Å². The van der Waals surface area contributed by atoms with Crippen molar-refractivity contribution in [1.82, 2.24) is 4.72 Å². The van der Waals surface area contributed by atoms with Crippen LogP contribution in [-0.4, -0.2) is 26.1 Å². The summed E-state index contributed by atoms with van der Waals surface area (Å²) in [5.41, 5.74) is 2.68. The third-order valence-electron chi connectivity index (χ3n) is 4.42. The second kappa shape index (κ2) is 9.19. The molecule has 1 atom stereocenters. The number of hydrogen-bond donors (Lipinski definition) is 2. The van der Waals surface area contributed by atoms with Crippen molar-refractivity contribution in [2.24, 2.45) is 5.92 Å². The van der Waals surface area contributed by atoms with Gasteiger partial charge in [0.1, 0.15) is 5.76 Å². The minimum absolute atomic E-state index is 0.0756. The van der Waals surface area contributed by atoms with Crippen molar-refractivity contribution >= 4 is 21.6 Å². The predicted molar refractivity (Wildman–Crippen MR) is 108 cm³/mol. The lowest BCUT2D eigenvalue weighted by Gasteiger charge is -2.15. The number of furan rings is 1. The number of carbonyl (C=O) groups excluding carboxylic acids is 1. The Bertz CT molecular complexity index is 858. The van der Waals surface area contributed by atoms with Gasteiger partial charge in [0.05, 0.1) is 11.5 Å². The Morgan fingerprint density at radius 3 is 2.52 bits per heavy atom. The van der Waals surface area contributed by atoms with Gasteiger partial charge in [-0.25, -0.2) is 13.1 Å². The summed E-state index contributed by atoms with van der Waals surface area (Å²) < 4.78 is 31.5. The van der Waals surface area contributed by atoms with Crippen LogP contribution in [0.1, 0.15) is 39.2 Å². The molecule has 7 heteroatoms. The van der Waals surface area contributed by atoms with Crippen LogP contribution in [0, 0.1) is 12.8 Å². The Labute approximate surface area is 161 Å². The van der Waals surface area contributed by atoms with Gasteiger partial charge in [-0.2, -0.15) is 0 Å². The highest BCUT2D eigenvalue weighted by molar-refractivity contribution is 7.90. The second-order valence-electron chi connectivity index (χ2n) is 7.14. The van der Waals surface area contributed by atoms with Crippen LogP contribution in [0.2, 0.25) is 0 Å². The zero-order chi connectivity index (χ0) is 20.0. The monoisotopic (exact) mass is 392 g/mol. The first-order valence-corrected chi connectivity index (χ1v) is 10.7. The van der Waals surface area contributed by atoms with Crippen LogP contribution >= 0.6 is 0 Å². The fourth-order valence-electron chi connectivity index (χ4n) is 2.52. The molecule has 2 aromatic rings. The quantitative estimate of drug-likeness (QED) is 0.676. The van der Waals surface area contributed by atoms with E-state index in [-0.39, 0.29) is 11.8 Å². The lowest BCUT2D eigenvalue weighted by molar-refractivity contribution is -0.116. The molecule has 0 aliphatic rings. The molecule has 0 aliphatic carbocycles. The highest BCUT2D eigenvalue weighted by Crippen LogP contribution is 2.25. The molecule has 0 fully saturated rings. The van der Waals surface area contributed by atoms with E-state index in [1.54, 1.807) is 20.1 Å². The molecule has 27 heavy (non-hydrogen) atoms. The number of amides is 1. The van der Waals surface area contributed by atoms with E-state index in [1.807, 2.05) is 44.2 Å². The Morgan fingerprint density at radius 2 is 1.93 bits per heavy atom. The summed E-state index contributed by atoms with van der Waals surface area (Å²) in [5, 5.41) is 2.46. The number of hydrogen-bond acceptors (Lipinski definition) is 4. The van der Waals surface area contributed by atoms with Gasteiger partial charge in [0.15, 0.2) is 0 Å². The maximum atomic E-state index is 12.2. The maximum absolute atomic E-state index is 12.2. The lowest BCUT2D eigenvalue weighted by Crippen LogP contribution is -2.34. The Hall–Kier alpha value is -2.12. The van der Waals surface area contributed by atoms with Crippen molar-refractivity contribution in [1.29, 1.82) is 0 Å². The van der Waals surface area contributed by atoms with E-state index in [0.29, 0.717) is 19.4 Å². The maximum Gasteiger partial charge on any atom is 0.224 e. The summed E-state index contributed by atoms with van der Waals surface area (Å²) in [6.07, 6.45) is 2.57. The predicted octanol–water partition coefficient (Wildman–Crippen LogP) is 3.94. The largest absolute Gasteiger partial charge is 0.464 e. The Kier molecular flexibility index (Phi) is 7.21. The van der Waals surface area contributed by atoms with Crippen molar-refractivity contribution < 1.29 is 17.6 Å². The van der Waals surface area contributed by atoms with Gasteiger partial charge in [-0.1, -0.05) is 6.92 Å². The molecule has 1 unspecified atom stereocenters. The van der Waals surface area contributed by atoms with Gasteiger partial charge in [0.25, 0.3) is 0 Å². The minimum atomic E-state index is -3.27. The molecule has 0 bridgehead atoms. The molecule has 0 aliphatic heterocycles. The molecule has 1 aromatic heterocycles. The van der Waals surface area contributed by atoms with Gasteiger partial charge in [-0.3, -0.25) is 4.79 Å². The smallest absolute Gasteiger partial charge is 0.224 e. The fourth-order valence-corrected chi connectivity index (χ4v) is 3.37. The number of sulfonamides is 1. The van der Waals surface area contributed by atoms with Crippen molar-refractivity contribution in [2.45, 2.75) is 45.8 Å².